The predicted octanol–water partition coefficient (Wildman–Crippen LogP) is 3.28. The molecule has 1 heterocycles. The summed E-state index contributed by atoms with van der Waals surface area (Å²) in [6.07, 6.45) is 0.0694. The maximum absolute atomic E-state index is 11.0. The van der Waals surface area contributed by atoms with Gasteiger partial charge in [0.1, 0.15) is 13.2 Å². The minimum absolute atomic E-state index is 0.0694. The zero-order valence-corrected chi connectivity index (χ0v) is 12.8. The third-order valence-electron chi connectivity index (χ3n) is 3.34. The molecule has 0 fully saturated rings. The second-order valence-electron chi connectivity index (χ2n) is 5.34. The Bertz CT molecular complexity index is 523. The first kappa shape index (κ1) is 14.2. The molecule has 0 amide bonds. The van der Waals surface area contributed by atoms with Crippen LogP contribution in [0, 0.1) is 6.92 Å². The van der Waals surface area contributed by atoms with Gasteiger partial charge in [0.05, 0.1) is 10.9 Å². The first-order valence-corrected chi connectivity index (χ1v) is 6.93. The summed E-state index contributed by atoms with van der Waals surface area (Å²) in [6.45, 7) is 6.85. The van der Waals surface area contributed by atoms with Gasteiger partial charge in [0.25, 0.3) is 0 Å². The number of hydrogen-bond donors (Lipinski definition) is 1. The van der Waals surface area contributed by atoms with E-state index >= 15 is 0 Å². The van der Waals surface area contributed by atoms with Crippen LogP contribution in [-0.2, 0) is 10.2 Å². The minimum Gasteiger partial charge on any atom is -0.486 e. The summed E-state index contributed by atoms with van der Waals surface area (Å²) in [4.78, 5) is 11.0. The van der Waals surface area contributed by atoms with Gasteiger partial charge >= 0.3 is 5.97 Å². The second-order valence-corrected chi connectivity index (χ2v) is 6.13. The lowest BCUT2D eigenvalue weighted by Crippen LogP contribution is -2.24. The van der Waals surface area contributed by atoms with Crippen LogP contribution in [0.15, 0.2) is 10.5 Å². The van der Waals surface area contributed by atoms with Crippen molar-refractivity contribution in [2.75, 3.05) is 13.2 Å². The molecule has 5 heteroatoms. The summed E-state index contributed by atoms with van der Waals surface area (Å²) in [6, 6.07) is 1.90. The number of halogens is 1. The second kappa shape index (κ2) is 5.04. The number of carbonyl (C=O) groups is 1. The Kier molecular flexibility index (Phi) is 3.76. The molecule has 19 heavy (non-hydrogen) atoms. The van der Waals surface area contributed by atoms with E-state index < -0.39 is 11.4 Å². The molecule has 0 saturated heterocycles. The largest absolute Gasteiger partial charge is 0.486 e. The van der Waals surface area contributed by atoms with Gasteiger partial charge in [-0.05, 0) is 40.0 Å². The van der Waals surface area contributed by atoms with Crippen molar-refractivity contribution in [2.45, 2.75) is 32.6 Å². The van der Waals surface area contributed by atoms with Gasteiger partial charge < -0.3 is 14.6 Å². The van der Waals surface area contributed by atoms with Crippen molar-refractivity contribution >= 4 is 21.9 Å². The van der Waals surface area contributed by atoms with Crippen LogP contribution in [0.3, 0.4) is 0 Å². The Morgan fingerprint density at radius 1 is 1.42 bits per heavy atom. The molecule has 2 rings (SSSR count). The van der Waals surface area contributed by atoms with Crippen LogP contribution in [-0.4, -0.2) is 24.3 Å². The quantitative estimate of drug-likeness (QED) is 0.925. The van der Waals surface area contributed by atoms with Crippen LogP contribution < -0.4 is 9.47 Å². The number of hydrogen-bond acceptors (Lipinski definition) is 3. The van der Waals surface area contributed by atoms with E-state index in [2.05, 4.69) is 15.9 Å². The third-order valence-corrected chi connectivity index (χ3v) is 4.30. The molecule has 0 unspecified atom stereocenters. The van der Waals surface area contributed by atoms with Crippen LogP contribution in [0.25, 0.3) is 0 Å². The summed E-state index contributed by atoms with van der Waals surface area (Å²) in [5.74, 6) is 0.575. The van der Waals surface area contributed by atoms with E-state index in [-0.39, 0.29) is 6.42 Å². The van der Waals surface area contributed by atoms with Crippen LogP contribution in [0.1, 0.15) is 31.4 Å². The topological polar surface area (TPSA) is 55.8 Å². The number of aliphatic carboxylic acids is 1. The van der Waals surface area contributed by atoms with Crippen molar-refractivity contribution in [1.29, 1.82) is 0 Å². The van der Waals surface area contributed by atoms with Crippen LogP contribution >= 0.6 is 15.9 Å². The van der Waals surface area contributed by atoms with E-state index in [1.54, 1.807) is 0 Å². The number of carboxylic acids is 1. The molecule has 1 aliphatic heterocycles. The van der Waals surface area contributed by atoms with Gasteiger partial charge in [0.2, 0.25) is 0 Å². The predicted molar refractivity (Wildman–Crippen MR) is 75.1 cm³/mol. The fraction of sp³-hybridized carbons (Fsp3) is 0.500. The van der Waals surface area contributed by atoms with Crippen molar-refractivity contribution in [2.24, 2.45) is 0 Å². The Morgan fingerprint density at radius 2 is 2.05 bits per heavy atom. The molecule has 1 aromatic rings. The first-order chi connectivity index (χ1) is 8.83. The Morgan fingerprint density at radius 3 is 2.68 bits per heavy atom. The highest BCUT2D eigenvalue weighted by Gasteiger charge is 2.30. The van der Waals surface area contributed by atoms with Crippen LogP contribution in [0.2, 0.25) is 0 Å². The minimum atomic E-state index is -0.810. The Hall–Kier alpha value is -1.23. The van der Waals surface area contributed by atoms with Gasteiger partial charge in [-0.15, -0.1) is 0 Å². The van der Waals surface area contributed by atoms with E-state index in [0.717, 1.165) is 15.6 Å². The molecule has 0 saturated carbocycles. The standard InChI is InChI=1S/C14H17BrO4/c1-8-9(14(2,3)7-11(16)17)6-10-13(12(8)15)19-5-4-18-10/h6H,4-5,7H2,1-3H3,(H,16,17). The molecular formula is C14H17BrO4. The summed E-state index contributed by atoms with van der Waals surface area (Å²) in [5, 5.41) is 9.04. The molecule has 1 aliphatic rings. The zero-order valence-electron chi connectivity index (χ0n) is 11.2. The van der Waals surface area contributed by atoms with E-state index in [1.807, 2.05) is 26.8 Å². The van der Waals surface area contributed by atoms with Gasteiger partial charge in [0, 0.05) is 5.41 Å². The maximum atomic E-state index is 11.0. The Labute approximate surface area is 120 Å². The summed E-state index contributed by atoms with van der Waals surface area (Å²) < 4.78 is 12.0. The molecule has 0 spiro atoms. The highest BCUT2D eigenvalue weighted by atomic mass is 79.9. The number of ether oxygens (including phenoxy) is 2. The third kappa shape index (κ3) is 2.71. The highest BCUT2D eigenvalue weighted by Crippen LogP contribution is 2.45. The number of rotatable bonds is 3. The molecule has 0 aromatic heterocycles. The van der Waals surface area contributed by atoms with E-state index in [4.69, 9.17) is 14.6 Å². The van der Waals surface area contributed by atoms with Crippen molar-refractivity contribution in [3.05, 3.63) is 21.7 Å². The average Bonchev–Trinajstić information content (AvgIpc) is 2.32. The van der Waals surface area contributed by atoms with Crippen molar-refractivity contribution in [3.8, 4) is 11.5 Å². The van der Waals surface area contributed by atoms with Crippen molar-refractivity contribution in [3.63, 3.8) is 0 Å². The van der Waals surface area contributed by atoms with Crippen LogP contribution in [0.5, 0.6) is 11.5 Å². The molecule has 4 nitrogen and oxygen atoms in total. The normalized spacial score (nSPS) is 14.3. The summed E-state index contributed by atoms with van der Waals surface area (Å²) in [5.41, 5.74) is 1.50. The molecule has 0 bridgehead atoms. The number of fused-ring (bicyclic) bond motifs is 1. The molecule has 1 aromatic carbocycles. The SMILES string of the molecule is Cc1c(C(C)(C)CC(=O)O)cc2c(c1Br)OCCO2. The highest BCUT2D eigenvalue weighted by molar-refractivity contribution is 9.10. The number of benzene rings is 1. The van der Waals surface area contributed by atoms with Gasteiger partial charge in [-0.1, -0.05) is 13.8 Å². The van der Waals surface area contributed by atoms with Crippen molar-refractivity contribution in [1.82, 2.24) is 0 Å². The van der Waals surface area contributed by atoms with Gasteiger partial charge in [-0.25, -0.2) is 0 Å². The maximum Gasteiger partial charge on any atom is 0.304 e. The van der Waals surface area contributed by atoms with Gasteiger partial charge in [-0.3, -0.25) is 4.79 Å². The molecule has 104 valence electrons. The molecule has 0 aliphatic carbocycles. The number of carboxylic acid groups (broad SMARTS) is 1. The zero-order chi connectivity index (χ0) is 14.2. The fourth-order valence-corrected chi connectivity index (χ4v) is 2.94. The van der Waals surface area contributed by atoms with Crippen LogP contribution in [0.4, 0.5) is 0 Å². The fourth-order valence-electron chi connectivity index (χ4n) is 2.41. The van der Waals surface area contributed by atoms with Gasteiger partial charge in [0.15, 0.2) is 11.5 Å². The molecule has 0 atom stereocenters. The summed E-state index contributed by atoms with van der Waals surface area (Å²) in [7, 11) is 0. The van der Waals surface area contributed by atoms with Gasteiger partial charge in [-0.2, -0.15) is 0 Å². The van der Waals surface area contributed by atoms with E-state index in [0.29, 0.717) is 24.7 Å². The van der Waals surface area contributed by atoms with Crippen molar-refractivity contribution < 1.29 is 19.4 Å². The average molecular weight is 329 g/mol. The molecule has 1 N–H and O–H groups in total. The smallest absolute Gasteiger partial charge is 0.304 e. The van der Waals surface area contributed by atoms with E-state index in [9.17, 15) is 4.79 Å². The van der Waals surface area contributed by atoms with E-state index in [1.165, 1.54) is 0 Å². The lowest BCUT2D eigenvalue weighted by molar-refractivity contribution is -0.138. The Balaban J connectivity index is 2.52. The first-order valence-electron chi connectivity index (χ1n) is 6.14. The lowest BCUT2D eigenvalue weighted by atomic mass is 9.79. The summed E-state index contributed by atoms with van der Waals surface area (Å²) >= 11 is 3.52. The lowest BCUT2D eigenvalue weighted by Gasteiger charge is -2.29. The molecule has 0 radical (unpaired) electrons. The monoisotopic (exact) mass is 328 g/mol. The molecular weight excluding hydrogens is 312 g/mol.